The van der Waals surface area contributed by atoms with Crippen LogP contribution in [0.4, 0.5) is 0 Å². The second-order valence-corrected chi connectivity index (χ2v) is 10.7. The summed E-state index contributed by atoms with van der Waals surface area (Å²) in [7, 11) is 1.62. The van der Waals surface area contributed by atoms with Gasteiger partial charge in [0.15, 0.2) is 0 Å². The molecule has 3 heterocycles. The number of piperidine rings is 1. The van der Waals surface area contributed by atoms with Gasteiger partial charge < -0.3 is 19.3 Å². The van der Waals surface area contributed by atoms with Crippen molar-refractivity contribution in [1.82, 2.24) is 4.90 Å². The molecule has 184 valence electrons. The Hall–Kier alpha value is -1.79. The number of nitrogens with zero attached hydrogens (tertiary/aromatic N) is 1. The van der Waals surface area contributed by atoms with Gasteiger partial charge >= 0.3 is 0 Å². The van der Waals surface area contributed by atoms with E-state index in [0.717, 1.165) is 69.6 Å². The average molecular weight is 486 g/mol. The third kappa shape index (κ3) is 4.56. The fourth-order valence-corrected chi connectivity index (χ4v) is 6.27. The summed E-state index contributed by atoms with van der Waals surface area (Å²) in [5, 5.41) is 12.2. The summed E-state index contributed by atoms with van der Waals surface area (Å²) < 4.78 is 17.2. The zero-order valence-corrected chi connectivity index (χ0v) is 21.2. The SMILES string of the molecule is COc1cc(C2(O)CC3CCC(C2)N3Cc2ccc(OC3CCOCC3)c(C)c2C)ccc1Cl. The normalized spacial score (nSPS) is 27.7. The zero-order valence-electron chi connectivity index (χ0n) is 20.5. The Bertz CT molecular complexity index is 1020. The van der Waals surface area contributed by atoms with E-state index in [1.165, 1.54) is 16.7 Å². The van der Waals surface area contributed by atoms with Crippen molar-refractivity contribution >= 4 is 11.6 Å². The minimum Gasteiger partial charge on any atom is -0.495 e. The zero-order chi connectivity index (χ0) is 23.9. The molecule has 5 rings (SSSR count). The van der Waals surface area contributed by atoms with E-state index >= 15 is 0 Å². The van der Waals surface area contributed by atoms with E-state index in [4.69, 9.17) is 25.8 Å². The first-order valence-corrected chi connectivity index (χ1v) is 12.9. The van der Waals surface area contributed by atoms with Crippen LogP contribution in [0.2, 0.25) is 5.02 Å². The highest BCUT2D eigenvalue weighted by Crippen LogP contribution is 2.47. The lowest BCUT2D eigenvalue weighted by Crippen LogP contribution is -2.49. The lowest BCUT2D eigenvalue weighted by Gasteiger charge is -2.44. The first-order valence-electron chi connectivity index (χ1n) is 12.5. The van der Waals surface area contributed by atoms with Crippen molar-refractivity contribution in [3.8, 4) is 11.5 Å². The van der Waals surface area contributed by atoms with Crippen LogP contribution in [0.15, 0.2) is 30.3 Å². The fourth-order valence-electron chi connectivity index (χ4n) is 6.08. The Labute approximate surface area is 208 Å². The van der Waals surface area contributed by atoms with Gasteiger partial charge in [0.25, 0.3) is 0 Å². The van der Waals surface area contributed by atoms with Crippen LogP contribution >= 0.6 is 11.6 Å². The quantitative estimate of drug-likeness (QED) is 0.582. The molecule has 0 aliphatic carbocycles. The van der Waals surface area contributed by atoms with Crippen LogP contribution in [0.3, 0.4) is 0 Å². The minimum atomic E-state index is -0.841. The monoisotopic (exact) mass is 485 g/mol. The summed E-state index contributed by atoms with van der Waals surface area (Å²) in [4.78, 5) is 2.61. The molecule has 0 spiro atoms. The molecule has 0 aromatic heterocycles. The molecule has 3 aliphatic heterocycles. The fraction of sp³-hybridized carbons (Fsp3) is 0.571. The van der Waals surface area contributed by atoms with Crippen LogP contribution in [-0.2, 0) is 16.9 Å². The third-order valence-electron chi connectivity index (χ3n) is 8.27. The van der Waals surface area contributed by atoms with E-state index in [1.807, 2.05) is 18.2 Å². The molecule has 3 aliphatic rings. The van der Waals surface area contributed by atoms with Crippen LogP contribution in [0.5, 0.6) is 11.5 Å². The summed E-state index contributed by atoms with van der Waals surface area (Å²) in [6.45, 7) is 6.87. The lowest BCUT2D eigenvalue weighted by atomic mass is 9.80. The summed E-state index contributed by atoms with van der Waals surface area (Å²) in [5.41, 5.74) is 3.97. The molecule has 6 heteroatoms. The maximum absolute atomic E-state index is 11.7. The van der Waals surface area contributed by atoms with Crippen molar-refractivity contribution in [1.29, 1.82) is 0 Å². The van der Waals surface area contributed by atoms with Crippen LogP contribution in [-0.4, -0.2) is 48.5 Å². The van der Waals surface area contributed by atoms with E-state index in [9.17, 15) is 5.11 Å². The average Bonchev–Trinajstić information content (AvgIpc) is 3.08. The van der Waals surface area contributed by atoms with Gasteiger partial charge in [-0.25, -0.2) is 0 Å². The standard InChI is InChI=1S/C28H36ClNO4/c1-18-19(2)26(34-24-10-12-33-13-11-24)9-4-20(18)17-30-22-6-7-23(30)16-28(31,15-22)21-5-8-25(29)27(14-21)32-3/h4-5,8-9,14,22-24,31H,6-7,10-13,15-17H2,1-3H3. The Morgan fingerprint density at radius 1 is 1.00 bits per heavy atom. The molecule has 3 saturated heterocycles. The maximum atomic E-state index is 11.7. The number of aliphatic hydroxyl groups is 1. The summed E-state index contributed by atoms with van der Waals surface area (Å²) in [5.74, 6) is 1.62. The van der Waals surface area contributed by atoms with E-state index in [0.29, 0.717) is 22.9 Å². The molecular formula is C28H36ClNO4. The number of ether oxygens (including phenoxy) is 3. The minimum absolute atomic E-state index is 0.250. The van der Waals surface area contributed by atoms with Gasteiger partial charge in [0.05, 0.1) is 30.9 Å². The van der Waals surface area contributed by atoms with Crippen LogP contribution < -0.4 is 9.47 Å². The Balaban J connectivity index is 1.30. The Morgan fingerprint density at radius 2 is 1.71 bits per heavy atom. The van der Waals surface area contributed by atoms with E-state index in [-0.39, 0.29) is 6.10 Å². The summed E-state index contributed by atoms with van der Waals surface area (Å²) in [6.07, 6.45) is 5.88. The molecule has 2 aromatic rings. The molecule has 2 atom stereocenters. The van der Waals surface area contributed by atoms with Gasteiger partial charge in [-0.1, -0.05) is 23.7 Å². The number of halogens is 1. The van der Waals surface area contributed by atoms with Crippen molar-refractivity contribution in [2.24, 2.45) is 0 Å². The van der Waals surface area contributed by atoms with Crippen molar-refractivity contribution in [3.63, 3.8) is 0 Å². The lowest BCUT2D eigenvalue weighted by molar-refractivity contribution is -0.0596. The van der Waals surface area contributed by atoms with E-state index < -0.39 is 5.60 Å². The highest BCUT2D eigenvalue weighted by molar-refractivity contribution is 6.32. The van der Waals surface area contributed by atoms with Crippen molar-refractivity contribution in [3.05, 3.63) is 57.6 Å². The number of hydrogen-bond donors (Lipinski definition) is 1. The second-order valence-electron chi connectivity index (χ2n) is 10.2. The van der Waals surface area contributed by atoms with Gasteiger partial charge in [-0.2, -0.15) is 0 Å². The largest absolute Gasteiger partial charge is 0.495 e. The van der Waals surface area contributed by atoms with Crippen molar-refractivity contribution in [2.75, 3.05) is 20.3 Å². The van der Waals surface area contributed by atoms with E-state index in [2.05, 4.69) is 30.9 Å². The van der Waals surface area contributed by atoms with Crippen LogP contribution in [0, 0.1) is 13.8 Å². The molecule has 34 heavy (non-hydrogen) atoms. The Kier molecular flexibility index (Phi) is 6.82. The van der Waals surface area contributed by atoms with Gasteiger partial charge in [-0.15, -0.1) is 0 Å². The van der Waals surface area contributed by atoms with Gasteiger partial charge in [-0.05, 0) is 80.0 Å². The number of rotatable bonds is 6. The van der Waals surface area contributed by atoms with Gasteiger partial charge in [-0.3, -0.25) is 4.90 Å². The summed E-state index contributed by atoms with van der Waals surface area (Å²) >= 11 is 6.23. The number of hydrogen-bond acceptors (Lipinski definition) is 5. The first kappa shape index (κ1) is 23.9. The second kappa shape index (κ2) is 9.69. The Morgan fingerprint density at radius 3 is 2.38 bits per heavy atom. The predicted molar refractivity (Wildman–Crippen MR) is 134 cm³/mol. The molecule has 2 unspecified atom stereocenters. The molecule has 0 saturated carbocycles. The van der Waals surface area contributed by atoms with Crippen molar-refractivity contribution < 1.29 is 19.3 Å². The van der Waals surface area contributed by atoms with E-state index in [1.54, 1.807) is 7.11 Å². The molecule has 0 radical (unpaired) electrons. The molecule has 1 N–H and O–H groups in total. The van der Waals surface area contributed by atoms with Crippen molar-refractivity contribution in [2.45, 2.75) is 82.7 Å². The first-order chi connectivity index (χ1) is 16.4. The molecule has 2 aromatic carbocycles. The summed E-state index contributed by atoms with van der Waals surface area (Å²) in [6, 6.07) is 10.8. The van der Waals surface area contributed by atoms with Gasteiger partial charge in [0, 0.05) is 31.5 Å². The molecule has 3 fully saturated rings. The predicted octanol–water partition coefficient (Wildman–Crippen LogP) is 5.54. The third-order valence-corrected chi connectivity index (χ3v) is 8.58. The molecule has 0 amide bonds. The van der Waals surface area contributed by atoms with Gasteiger partial charge in [0.1, 0.15) is 17.6 Å². The topological polar surface area (TPSA) is 51.2 Å². The van der Waals surface area contributed by atoms with Crippen LogP contribution in [0.25, 0.3) is 0 Å². The molecule has 5 nitrogen and oxygen atoms in total. The highest BCUT2D eigenvalue weighted by atomic mass is 35.5. The highest BCUT2D eigenvalue weighted by Gasteiger charge is 2.48. The number of benzene rings is 2. The van der Waals surface area contributed by atoms with Crippen LogP contribution in [0.1, 0.15) is 60.8 Å². The molecule has 2 bridgehead atoms. The van der Waals surface area contributed by atoms with Gasteiger partial charge in [0.2, 0.25) is 0 Å². The molecular weight excluding hydrogens is 450 g/mol. The number of fused-ring (bicyclic) bond motifs is 2. The number of methoxy groups -OCH3 is 1. The smallest absolute Gasteiger partial charge is 0.137 e. The maximum Gasteiger partial charge on any atom is 0.137 e.